The standard InChI is InChI=1S/C9H13NO5S/c1-13-7-4-6(10-16(11)12)5-8(14-2)9(7)15-3/h4-5,10H,1-3H3,(H,11,12)/p-1. The molecule has 1 rings (SSSR count). The molecular formula is C9H12NO5S-. The largest absolute Gasteiger partial charge is 0.755 e. The summed E-state index contributed by atoms with van der Waals surface area (Å²) in [6.07, 6.45) is 0. The summed E-state index contributed by atoms with van der Waals surface area (Å²) in [5.74, 6) is 1.18. The Morgan fingerprint density at radius 3 is 1.94 bits per heavy atom. The molecule has 0 aromatic heterocycles. The fourth-order valence-corrected chi connectivity index (χ4v) is 1.55. The van der Waals surface area contributed by atoms with Gasteiger partial charge in [0, 0.05) is 23.4 Å². The Morgan fingerprint density at radius 2 is 1.62 bits per heavy atom. The number of ether oxygens (including phenoxy) is 3. The van der Waals surface area contributed by atoms with Gasteiger partial charge in [-0.1, -0.05) is 0 Å². The first-order chi connectivity index (χ1) is 7.62. The highest BCUT2D eigenvalue weighted by Crippen LogP contribution is 2.39. The molecule has 90 valence electrons. The zero-order valence-electron chi connectivity index (χ0n) is 9.10. The lowest BCUT2D eigenvalue weighted by atomic mass is 10.2. The molecule has 0 saturated heterocycles. The van der Waals surface area contributed by atoms with Gasteiger partial charge in [-0.05, 0) is 0 Å². The Kier molecular flexibility index (Phi) is 4.39. The maximum Gasteiger partial charge on any atom is 0.203 e. The lowest BCUT2D eigenvalue weighted by molar-refractivity contribution is 0.324. The van der Waals surface area contributed by atoms with Crippen molar-refractivity contribution in [1.82, 2.24) is 0 Å². The van der Waals surface area contributed by atoms with E-state index in [-0.39, 0.29) is 0 Å². The molecule has 7 heteroatoms. The average Bonchev–Trinajstić information content (AvgIpc) is 2.26. The number of anilines is 1. The normalized spacial score (nSPS) is 11.8. The molecule has 0 amide bonds. The summed E-state index contributed by atoms with van der Waals surface area (Å²) in [5.41, 5.74) is 0.336. The van der Waals surface area contributed by atoms with Crippen LogP contribution in [0.2, 0.25) is 0 Å². The fraction of sp³-hybridized carbons (Fsp3) is 0.333. The molecule has 0 spiro atoms. The highest BCUT2D eigenvalue weighted by Gasteiger charge is 2.12. The van der Waals surface area contributed by atoms with Crippen LogP contribution in [0.5, 0.6) is 17.2 Å². The molecule has 1 unspecified atom stereocenters. The molecular weight excluding hydrogens is 234 g/mol. The van der Waals surface area contributed by atoms with E-state index < -0.39 is 11.3 Å². The van der Waals surface area contributed by atoms with Crippen LogP contribution in [0.4, 0.5) is 5.69 Å². The predicted molar refractivity (Wildman–Crippen MR) is 58.6 cm³/mol. The molecule has 0 radical (unpaired) electrons. The van der Waals surface area contributed by atoms with Crippen molar-refractivity contribution in [3.8, 4) is 17.2 Å². The van der Waals surface area contributed by atoms with Crippen LogP contribution in [-0.2, 0) is 11.3 Å². The summed E-state index contributed by atoms with van der Waals surface area (Å²) in [6, 6.07) is 2.99. The maximum atomic E-state index is 10.5. The Hall–Kier alpha value is -1.47. The Morgan fingerprint density at radius 1 is 1.12 bits per heavy atom. The highest BCUT2D eigenvalue weighted by atomic mass is 32.2. The number of hydrogen-bond acceptors (Lipinski definition) is 5. The molecule has 6 nitrogen and oxygen atoms in total. The predicted octanol–water partition coefficient (Wildman–Crippen LogP) is 0.918. The summed E-state index contributed by atoms with van der Waals surface area (Å²) < 4.78 is 38.4. The van der Waals surface area contributed by atoms with Crippen molar-refractivity contribution in [2.45, 2.75) is 0 Å². The van der Waals surface area contributed by atoms with Crippen LogP contribution in [0.15, 0.2) is 12.1 Å². The zero-order chi connectivity index (χ0) is 12.1. The van der Waals surface area contributed by atoms with Gasteiger partial charge in [-0.2, -0.15) is 0 Å². The first-order valence-electron chi connectivity index (χ1n) is 4.28. The van der Waals surface area contributed by atoms with Crippen molar-refractivity contribution in [3.63, 3.8) is 0 Å². The minimum absolute atomic E-state index is 0.336. The quantitative estimate of drug-likeness (QED) is 0.781. The van der Waals surface area contributed by atoms with Crippen molar-refractivity contribution < 1.29 is 23.0 Å². The van der Waals surface area contributed by atoms with E-state index in [0.29, 0.717) is 22.9 Å². The van der Waals surface area contributed by atoms with E-state index in [0.717, 1.165) is 0 Å². The van der Waals surface area contributed by atoms with E-state index in [2.05, 4.69) is 4.72 Å². The highest BCUT2D eigenvalue weighted by molar-refractivity contribution is 7.80. The molecule has 0 saturated carbocycles. The lowest BCUT2D eigenvalue weighted by Crippen LogP contribution is -2.03. The van der Waals surface area contributed by atoms with Crippen molar-refractivity contribution in [3.05, 3.63) is 12.1 Å². The van der Waals surface area contributed by atoms with Crippen LogP contribution in [-0.4, -0.2) is 30.1 Å². The van der Waals surface area contributed by atoms with E-state index >= 15 is 0 Å². The van der Waals surface area contributed by atoms with E-state index in [4.69, 9.17) is 14.2 Å². The molecule has 0 aliphatic rings. The van der Waals surface area contributed by atoms with Crippen LogP contribution in [0.25, 0.3) is 0 Å². The summed E-state index contributed by atoms with van der Waals surface area (Å²) in [4.78, 5) is 0. The Labute approximate surface area is 95.9 Å². The van der Waals surface area contributed by atoms with Gasteiger partial charge in [-0.3, -0.25) is 4.21 Å². The molecule has 1 atom stereocenters. The Bertz CT molecular complexity index is 370. The van der Waals surface area contributed by atoms with Crippen LogP contribution in [0, 0.1) is 0 Å². The number of benzene rings is 1. The van der Waals surface area contributed by atoms with Crippen molar-refractivity contribution in [1.29, 1.82) is 0 Å². The smallest absolute Gasteiger partial charge is 0.203 e. The van der Waals surface area contributed by atoms with Gasteiger partial charge in [0.1, 0.15) is 0 Å². The third-order valence-electron chi connectivity index (χ3n) is 1.87. The maximum absolute atomic E-state index is 10.5. The summed E-state index contributed by atoms with van der Waals surface area (Å²) in [6.45, 7) is 0. The molecule has 0 heterocycles. The van der Waals surface area contributed by atoms with Gasteiger partial charge in [0.2, 0.25) is 5.75 Å². The molecule has 1 N–H and O–H groups in total. The molecule has 0 fully saturated rings. The van der Waals surface area contributed by atoms with E-state index in [9.17, 15) is 8.76 Å². The van der Waals surface area contributed by atoms with Gasteiger partial charge in [-0.25, -0.2) is 0 Å². The summed E-state index contributed by atoms with van der Waals surface area (Å²) in [5, 5.41) is 0. The number of methoxy groups -OCH3 is 3. The third kappa shape index (κ3) is 2.77. The molecule has 0 aliphatic carbocycles. The molecule has 16 heavy (non-hydrogen) atoms. The summed E-state index contributed by atoms with van der Waals surface area (Å²) >= 11 is -2.40. The van der Waals surface area contributed by atoms with E-state index in [1.165, 1.54) is 33.5 Å². The van der Waals surface area contributed by atoms with Gasteiger partial charge in [0.05, 0.1) is 27.0 Å². The van der Waals surface area contributed by atoms with Crippen LogP contribution >= 0.6 is 0 Å². The first-order valence-corrected chi connectivity index (χ1v) is 5.35. The van der Waals surface area contributed by atoms with Gasteiger partial charge < -0.3 is 23.5 Å². The van der Waals surface area contributed by atoms with Crippen LogP contribution < -0.4 is 18.9 Å². The fourth-order valence-electron chi connectivity index (χ4n) is 1.24. The second-order valence-corrected chi connectivity index (χ2v) is 3.42. The van der Waals surface area contributed by atoms with E-state index in [1.807, 2.05) is 0 Å². The van der Waals surface area contributed by atoms with Crippen molar-refractivity contribution in [2.75, 3.05) is 26.1 Å². The topological polar surface area (TPSA) is 79.9 Å². The third-order valence-corrected chi connectivity index (χ3v) is 2.27. The zero-order valence-corrected chi connectivity index (χ0v) is 9.92. The molecule has 0 aliphatic heterocycles. The lowest BCUT2D eigenvalue weighted by Gasteiger charge is -2.15. The second kappa shape index (κ2) is 5.57. The van der Waals surface area contributed by atoms with Crippen molar-refractivity contribution in [2.24, 2.45) is 0 Å². The number of nitrogens with one attached hydrogen (secondary N) is 1. The SMILES string of the molecule is COc1cc(NS(=O)[O-])cc(OC)c1OC. The Balaban J connectivity index is 3.20. The number of rotatable bonds is 5. The van der Waals surface area contributed by atoms with Crippen LogP contribution in [0.1, 0.15) is 0 Å². The van der Waals surface area contributed by atoms with E-state index in [1.54, 1.807) is 0 Å². The monoisotopic (exact) mass is 246 g/mol. The van der Waals surface area contributed by atoms with Gasteiger partial charge in [-0.15, -0.1) is 0 Å². The first kappa shape index (κ1) is 12.6. The number of hydrogen-bond donors (Lipinski definition) is 1. The summed E-state index contributed by atoms with van der Waals surface area (Å²) in [7, 11) is 4.38. The molecule has 0 bridgehead atoms. The van der Waals surface area contributed by atoms with Crippen molar-refractivity contribution >= 4 is 17.0 Å². The molecule has 1 aromatic rings. The minimum atomic E-state index is -2.40. The van der Waals surface area contributed by atoms with Gasteiger partial charge in [0.25, 0.3) is 0 Å². The van der Waals surface area contributed by atoms with Gasteiger partial charge in [0.15, 0.2) is 11.5 Å². The molecule has 1 aromatic carbocycles. The average molecular weight is 246 g/mol. The minimum Gasteiger partial charge on any atom is -0.755 e. The van der Waals surface area contributed by atoms with Crippen LogP contribution in [0.3, 0.4) is 0 Å². The second-order valence-electron chi connectivity index (χ2n) is 2.75. The van der Waals surface area contributed by atoms with Gasteiger partial charge >= 0.3 is 0 Å².